The van der Waals surface area contributed by atoms with Gasteiger partial charge in [-0.3, -0.25) is 0 Å². The van der Waals surface area contributed by atoms with Crippen molar-refractivity contribution in [1.82, 2.24) is 10.2 Å². The summed E-state index contributed by atoms with van der Waals surface area (Å²) in [6.45, 7) is 11.5. The molecule has 1 unspecified atom stereocenters. The third-order valence-corrected chi connectivity index (χ3v) is 4.13. The van der Waals surface area contributed by atoms with Gasteiger partial charge in [0.25, 0.3) is 0 Å². The largest absolute Gasteiger partial charge is 0.395 e. The monoisotopic (exact) mass is 286 g/mol. The summed E-state index contributed by atoms with van der Waals surface area (Å²) in [4.78, 5) is 2.42. The predicted molar refractivity (Wildman–Crippen MR) is 84.1 cm³/mol. The highest BCUT2D eigenvalue weighted by Gasteiger charge is 2.34. The van der Waals surface area contributed by atoms with E-state index in [1.54, 1.807) is 0 Å². The van der Waals surface area contributed by atoms with E-state index in [0.29, 0.717) is 0 Å². The fraction of sp³-hybridized carbons (Fsp3) is 1.00. The van der Waals surface area contributed by atoms with Crippen molar-refractivity contribution in [2.75, 3.05) is 52.5 Å². The van der Waals surface area contributed by atoms with E-state index >= 15 is 0 Å². The lowest BCUT2D eigenvalue weighted by molar-refractivity contribution is -0.0281. The molecule has 2 N–H and O–H groups in total. The lowest BCUT2D eigenvalue weighted by atomic mass is 9.81. The molecule has 4 nitrogen and oxygen atoms in total. The molecule has 0 saturated carbocycles. The second-order valence-electron chi connectivity index (χ2n) is 6.19. The van der Waals surface area contributed by atoms with Crippen molar-refractivity contribution in [3.8, 4) is 0 Å². The topological polar surface area (TPSA) is 44.7 Å². The van der Waals surface area contributed by atoms with Crippen LogP contribution in [0.4, 0.5) is 0 Å². The number of aliphatic hydroxyl groups is 1. The molecule has 0 aromatic heterocycles. The van der Waals surface area contributed by atoms with Gasteiger partial charge in [-0.05, 0) is 38.8 Å². The van der Waals surface area contributed by atoms with Gasteiger partial charge in [-0.25, -0.2) is 0 Å². The van der Waals surface area contributed by atoms with E-state index < -0.39 is 0 Å². The first kappa shape index (κ1) is 17.9. The molecule has 1 saturated heterocycles. The van der Waals surface area contributed by atoms with Gasteiger partial charge in [0, 0.05) is 31.7 Å². The molecule has 0 amide bonds. The van der Waals surface area contributed by atoms with Crippen LogP contribution in [0.5, 0.6) is 0 Å². The molecule has 1 heterocycles. The van der Waals surface area contributed by atoms with Crippen LogP contribution in [-0.4, -0.2) is 62.6 Å². The van der Waals surface area contributed by atoms with Crippen LogP contribution in [0.15, 0.2) is 0 Å². The Morgan fingerprint density at radius 3 is 2.70 bits per heavy atom. The normalized spacial score (nSPS) is 23.4. The second-order valence-corrected chi connectivity index (χ2v) is 6.19. The number of hydrogen-bond donors (Lipinski definition) is 2. The highest BCUT2D eigenvalue weighted by Crippen LogP contribution is 2.29. The van der Waals surface area contributed by atoms with Crippen molar-refractivity contribution in [2.24, 2.45) is 5.41 Å². The van der Waals surface area contributed by atoms with Crippen molar-refractivity contribution in [1.29, 1.82) is 0 Å². The number of nitrogens with one attached hydrogen (secondary N) is 1. The average Bonchev–Trinajstić information content (AvgIpc) is 2.46. The summed E-state index contributed by atoms with van der Waals surface area (Å²) in [6, 6.07) is 0. The van der Waals surface area contributed by atoms with E-state index in [-0.39, 0.29) is 12.0 Å². The highest BCUT2D eigenvalue weighted by molar-refractivity contribution is 4.87. The third kappa shape index (κ3) is 6.53. The number of unbranched alkanes of at least 4 members (excludes halogenated alkanes) is 1. The summed E-state index contributed by atoms with van der Waals surface area (Å²) in [7, 11) is 0. The van der Waals surface area contributed by atoms with Gasteiger partial charge >= 0.3 is 0 Å². The Hall–Kier alpha value is -0.160. The first-order valence-electron chi connectivity index (χ1n) is 8.38. The van der Waals surface area contributed by atoms with Gasteiger partial charge in [0.05, 0.1) is 13.2 Å². The van der Waals surface area contributed by atoms with E-state index in [9.17, 15) is 5.11 Å². The molecule has 120 valence electrons. The minimum atomic E-state index is 0.232. The molecule has 0 aromatic rings. The molecular weight excluding hydrogens is 252 g/mol. The first-order chi connectivity index (χ1) is 9.76. The van der Waals surface area contributed by atoms with Gasteiger partial charge in [0.2, 0.25) is 0 Å². The standard InChI is InChI=1S/C16H34N2O2/c1-3-5-9-18(10-11-19)14-16(13-17-8-4-2)7-6-12-20-15-16/h17,19H,3-15H2,1-2H3. The van der Waals surface area contributed by atoms with Crippen LogP contribution in [-0.2, 0) is 4.74 Å². The van der Waals surface area contributed by atoms with Gasteiger partial charge in [0.15, 0.2) is 0 Å². The smallest absolute Gasteiger partial charge is 0.0558 e. The Morgan fingerprint density at radius 2 is 2.10 bits per heavy atom. The van der Waals surface area contributed by atoms with Gasteiger partial charge < -0.3 is 20.1 Å². The van der Waals surface area contributed by atoms with Gasteiger partial charge in [-0.15, -0.1) is 0 Å². The van der Waals surface area contributed by atoms with Crippen LogP contribution in [0.25, 0.3) is 0 Å². The molecule has 1 aliphatic rings. The molecule has 4 heteroatoms. The van der Waals surface area contributed by atoms with E-state index in [1.807, 2.05) is 0 Å². The zero-order valence-electron chi connectivity index (χ0n) is 13.5. The van der Waals surface area contributed by atoms with Crippen LogP contribution in [0.2, 0.25) is 0 Å². The molecule has 20 heavy (non-hydrogen) atoms. The summed E-state index contributed by atoms with van der Waals surface area (Å²) in [5, 5.41) is 12.9. The van der Waals surface area contributed by atoms with Crippen LogP contribution in [0.1, 0.15) is 46.0 Å². The fourth-order valence-corrected chi connectivity index (χ4v) is 3.03. The summed E-state index contributed by atoms with van der Waals surface area (Å²) < 4.78 is 5.77. The third-order valence-electron chi connectivity index (χ3n) is 4.13. The number of rotatable bonds is 11. The van der Waals surface area contributed by atoms with Gasteiger partial charge in [-0.1, -0.05) is 20.3 Å². The molecule has 0 radical (unpaired) electrons. The molecular formula is C16H34N2O2. The lowest BCUT2D eigenvalue weighted by Gasteiger charge is -2.41. The van der Waals surface area contributed by atoms with Crippen LogP contribution >= 0.6 is 0 Å². The summed E-state index contributed by atoms with van der Waals surface area (Å²) in [5.74, 6) is 0. The molecule has 0 bridgehead atoms. The van der Waals surface area contributed by atoms with Gasteiger partial charge in [-0.2, -0.15) is 0 Å². The number of nitrogens with zero attached hydrogens (tertiary/aromatic N) is 1. The van der Waals surface area contributed by atoms with Crippen molar-refractivity contribution >= 4 is 0 Å². The zero-order chi connectivity index (χ0) is 14.7. The summed E-state index contributed by atoms with van der Waals surface area (Å²) >= 11 is 0. The summed E-state index contributed by atoms with van der Waals surface area (Å²) in [5.41, 5.74) is 0.232. The minimum absolute atomic E-state index is 0.232. The van der Waals surface area contributed by atoms with Crippen LogP contribution in [0, 0.1) is 5.41 Å². The SMILES string of the molecule is CCCCN(CCO)CC1(CNCCC)CCCOC1. The number of ether oxygens (including phenoxy) is 1. The maximum absolute atomic E-state index is 9.28. The lowest BCUT2D eigenvalue weighted by Crippen LogP contribution is -2.49. The highest BCUT2D eigenvalue weighted by atomic mass is 16.5. The fourth-order valence-electron chi connectivity index (χ4n) is 3.03. The molecule has 0 spiro atoms. The van der Waals surface area contributed by atoms with Crippen molar-refractivity contribution in [2.45, 2.75) is 46.0 Å². The Morgan fingerprint density at radius 1 is 1.25 bits per heavy atom. The molecule has 0 aliphatic carbocycles. The zero-order valence-corrected chi connectivity index (χ0v) is 13.5. The van der Waals surface area contributed by atoms with Crippen molar-refractivity contribution in [3.63, 3.8) is 0 Å². The number of aliphatic hydroxyl groups excluding tert-OH is 1. The molecule has 1 atom stereocenters. The van der Waals surface area contributed by atoms with E-state index in [0.717, 1.165) is 52.4 Å². The summed E-state index contributed by atoms with van der Waals surface area (Å²) in [6.07, 6.45) is 5.98. The van der Waals surface area contributed by atoms with Crippen LogP contribution in [0.3, 0.4) is 0 Å². The van der Waals surface area contributed by atoms with E-state index in [2.05, 4.69) is 24.1 Å². The van der Waals surface area contributed by atoms with Crippen LogP contribution < -0.4 is 5.32 Å². The van der Waals surface area contributed by atoms with Crippen molar-refractivity contribution < 1.29 is 9.84 Å². The first-order valence-corrected chi connectivity index (χ1v) is 8.38. The Bertz CT molecular complexity index is 231. The Labute approximate surface area is 124 Å². The predicted octanol–water partition coefficient (Wildman–Crippen LogP) is 1.88. The van der Waals surface area contributed by atoms with E-state index in [1.165, 1.54) is 25.7 Å². The molecule has 0 aromatic carbocycles. The molecule has 1 fully saturated rings. The quantitative estimate of drug-likeness (QED) is 0.569. The molecule has 1 aliphatic heterocycles. The molecule has 1 rings (SSSR count). The van der Waals surface area contributed by atoms with E-state index in [4.69, 9.17) is 4.74 Å². The van der Waals surface area contributed by atoms with Crippen molar-refractivity contribution in [3.05, 3.63) is 0 Å². The van der Waals surface area contributed by atoms with Gasteiger partial charge in [0.1, 0.15) is 0 Å². The maximum Gasteiger partial charge on any atom is 0.0558 e. The minimum Gasteiger partial charge on any atom is -0.395 e. The number of hydrogen-bond acceptors (Lipinski definition) is 4. The Kier molecular flexibility index (Phi) is 9.44. The second kappa shape index (κ2) is 10.6. The Balaban J connectivity index is 2.55. The maximum atomic E-state index is 9.28. The average molecular weight is 286 g/mol.